The van der Waals surface area contributed by atoms with Crippen LogP contribution >= 0.6 is 0 Å². The molecule has 6 nitrogen and oxygen atoms in total. The quantitative estimate of drug-likeness (QED) is 0.836. The number of nitrogens with zero attached hydrogens (tertiary/aromatic N) is 3. The molecule has 124 valence electrons. The maximum absolute atomic E-state index is 12.2. The first kappa shape index (κ1) is 17.0. The molecule has 2 atom stereocenters. The van der Waals surface area contributed by atoms with Gasteiger partial charge in [-0.25, -0.2) is 4.79 Å². The first-order chi connectivity index (χ1) is 10.3. The number of nitriles is 1. The van der Waals surface area contributed by atoms with Crippen LogP contribution in [0.25, 0.3) is 0 Å². The maximum Gasteiger partial charge on any atom is 0.410 e. The van der Waals surface area contributed by atoms with Gasteiger partial charge in [0.2, 0.25) is 0 Å². The summed E-state index contributed by atoms with van der Waals surface area (Å²) in [5, 5.41) is 13.0. The van der Waals surface area contributed by atoms with Crippen LogP contribution < -0.4 is 5.32 Å². The Morgan fingerprint density at radius 2 is 1.91 bits per heavy atom. The molecule has 2 rings (SSSR count). The van der Waals surface area contributed by atoms with Crippen molar-refractivity contribution in [2.24, 2.45) is 5.92 Å². The van der Waals surface area contributed by atoms with Crippen LogP contribution in [0.4, 0.5) is 4.79 Å². The topological polar surface area (TPSA) is 68.6 Å². The summed E-state index contributed by atoms with van der Waals surface area (Å²) in [6.45, 7) is 8.75. The van der Waals surface area contributed by atoms with Crippen molar-refractivity contribution in [2.75, 3.05) is 33.2 Å². The van der Waals surface area contributed by atoms with Crippen LogP contribution in [-0.2, 0) is 4.74 Å². The SMILES string of the molecule is CN1CCC(N[C@H]2CN(C(=O)OC(C)(C)C)C[C@@H]2C#N)CC1. The summed E-state index contributed by atoms with van der Waals surface area (Å²) in [4.78, 5) is 16.1. The smallest absolute Gasteiger partial charge is 0.410 e. The molecule has 6 heteroatoms. The summed E-state index contributed by atoms with van der Waals surface area (Å²) >= 11 is 0. The second kappa shape index (κ2) is 6.84. The highest BCUT2D eigenvalue weighted by Crippen LogP contribution is 2.21. The summed E-state index contributed by atoms with van der Waals surface area (Å²) in [5.41, 5.74) is -0.501. The van der Waals surface area contributed by atoms with E-state index in [1.54, 1.807) is 4.90 Å². The number of amides is 1. The van der Waals surface area contributed by atoms with Crippen LogP contribution in [0, 0.1) is 17.2 Å². The molecule has 0 aromatic rings. The summed E-state index contributed by atoms with van der Waals surface area (Å²) in [5.74, 6) is -0.160. The highest BCUT2D eigenvalue weighted by molar-refractivity contribution is 5.68. The van der Waals surface area contributed by atoms with E-state index in [0.717, 1.165) is 25.9 Å². The lowest BCUT2D eigenvalue weighted by Gasteiger charge is -2.32. The highest BCUT2D eigenvalue weighted by Gasteiger charge is 2.38. The number of carbonyl (C=O) groups excluding carboxylic acids is 1. The third-order valence-corrected chi connectivity index (χ3v) is 4.31. The molecule has 0 radical (unpaired) electrons. The first-order valence-electron chi connectivity index (χ1n) is 8.10. The molecule has 1 amide bonds. The van der Waals surface area contributed by atoms with Gasteiger partial charge in [-0.1, -0.05) is 0 Å². The zero-order valence-corrected chi connectivity index (χ0v) is 14.1. The van der Waals surface area contributed by atoms with Crippen LogP contribution in [-0.4, -0.2) is 66.8 Å². The lowest BCUT2D eigenvalue weighted by atomic mass is 10.0. The number of hydrogen-bond acceptors (Lipinski definition) is 5. The average molecular weight is 308 g/mol. The fourth-order valence-corrected chi connectivity index (χ4v) is 3.06. The molecule has 0 unspecified atom stereocenters. The molecule has 0 saturated carbocycles. The lowest BCUT2D eigenvalue weighted by molar-refractivity contribution is 0.0287. The van der Waals surface area contributed by atoms with E-state index in [9.17, 15) is 10.1 Å². The predicted molar refractivity (Wildman–Crippen MR) is 84.4 cm³/mol. The normalized spacial score (nSPS) is 27.7. The van der Waals surface area contributed by atoms with E-state index < -0.39 is 5.60 Å². The minimum Gasteiger partial charge on any atom is -0.444 e. The average Bonchev–Trinajstić information content (AvgIpc) is 2.83. The zero-order chi connectivity index (χ0) is 16.3. The van der Waals surface area contributed by atoms with E-state index in [4.69, 9.17) is 4.74 Å². The van der Waals surface area contributed by atoms with Gasteiger partial charge in [0.05, 0.1) is 12.0 Å². The predicted octanol–water partition coefficient (Wildman–Crippen LogP) is 1.43. The van der Waals surface area contributed by atoms with E-state index >= 15 is 0 Å². The molecule has 2 aliphatic rings. The summed E-state index contributed by atoms with van der Waals surface area (Å²) in [6, 6.07) is 2.83. The summed E-state index contributed by atoms with van der Waals surface area (Å²) in [7, 11) is 2.13. The molecule has 2 heterocycles. The van der Waals surface area contributed by atoms with E-state index in [0.29, 0.717) is 19.1 Å². The van der Waals surface area contributed by atoms with Gasteiger partial charge in [0.1, 0.15) is 5.60 Å². The van der Waals surface area contributed by atoms with E-state index in [1.165, 1.54) is 0 Å². The van der Waals surface area contributed by atoms with Crippen molar-refractivity contribution in [3.05, 3.63) is 0 Å². The molecule has 22 heavy (non-hydrogen) atoms. The Hall–Kier alpha value is -1.32. The highest BCUT2D eigenvalue weighted by atomic mass is 16.6. The maximum atomic E-state index is 12.2. The molecule has 1 N–H and O–H groups in total. The molecule has 0 aromatic heterocycles. The van der Waals surface area contributed by atoms with Gasteiger partial charge in [0.15, 0.2) is 0 Å². The van der Waals surface area contributed by atoms with Gasteiger partial charge in [-0.2, -0.15) is 5.26 Å². The molecule has 0 aliphatic carbocycles. The molecule has 2 saturated heterocycles. The van der Waals surface area contributed by atoms with Gasteiger partial charge < -0.3 is 19.9 Å². The van der Waals surface area contributed by atoms with Gasteiger partial charge >= 0.3 is 6.09 Å². The van der Waals surface area contributed by atoms with Crippen LogP contribution in [0.5, 0.6) is 0 Å². The van der Waals surface area contributed by atoms with Crippen molar-refractivity contribution in [3.63, 3.8) is 0 Å². The number of carbonyl (C=O) groups is 1. The number of nitrogens with one attached hydrogen (secondary N) is 1. The first-order valence-corrected chi connectivity index (χ1v) is 8.10. The Balaban J connectivity index is 1.89. The Kier molecular flexibility index (Phi) is 5.30. The van der Waals surface area contributed by atoms with Crippen molar-refractivity contribution in [3.8, 4) is 6.07 Å². The van der Waals surface area contributed by atoms with Gasteiger partial charge in [-0.15, -0.1) is 0 Å². The van der Waals surface area contributed by atoms with Gasteiger partial charge in [-0.3, -0.25) is 0 Å². The van der Waals surface area contributed by atoms with Crippen LogP contribution in [0.1, 0.15) is 33.6 Å². The van der Waals surface area contributed by atoms with Crippen molar-refractivity contribution in [1.29, 1.82) is 5.26 Å². The number of ether oxygens (including phenoxy) is 1. The van der Waals surface area contributed by atoms with Gasteiger partial charge in [0, 0.05) is 25.2 Å². The largest absolute Gasteiger partial charge is 0.444 e. The van der Waals surface area contributed by atoms with Crippen molar-refractivity contribution < 1.29 is 9.53 Å². The Bertz CT molecular complexity index is 432. The number of rotatable bonds is 2. The lowest BCUT2D eigenvalue weighted by Crippen LogP contribution is -2.48. The zero-order valence-electron chi connectivity index (χ0n) is 14.1. The standard InChI is InChI=1S/C16H28N4O2/c1-16(2,3)22-15(21)20-10-12(9-17)14(11-20)18-13-5-7-19(4)8-6-13/h12-14,18H,5-8,10-11H2,1-4H3/t12-,14-/m0/s1. The molecule has 0 aromatic carbocycles. The van der Waals surface area contributed by atoms with E-state index in [2.05, 4.69) is 23.3 Å². The molecular formula is C16H28N4O2. The van der Waals surface area contributed by atoms with Crippen molar-refractivity contribution >= 4 is 6.09 Å². The summed E-state index contributed by atoms with van der Waals surface area (Å²) < 4.78 is 5.41. The second-order valence-corrected chi connectivity index (χ2v) is 7.47. The number of piperidine rings is 1. The summed E-state index contributed by atoms with van der Waals surface area (Å²) in [6.07, 6.45) is 1.87. The third kappa shape index (κ3) is 4.59. The van der Waals surface area contributed by atoms with Gasteiger partial charge in [-0.05, 0) is 53.8 Å². The Labute approximate surface area is 133 Å². The Morgan fingerprint density at radius 1 is 1.27 bits per heavy atom. The fraction of sp³-hybridized carbons (Fsp3) is 0.875. The molecule has 0 spiro atoms. The minimum atomic E-state index is -0.501. The molecule has 0 bridgehead atoms. The van der Waals surface area contributed by atoms with E-state index in [1.807, 2.05) is 20.8 Å². The second-order valence-electron chi connectivity index (χ2n) is 7.47. The fourth-order valence-electron chi connectivity index (χ4n) is 3.06. The van der Waals surface area contributed by atoms with Crippen LogP contribution in [0.3, 0.4) is 0 Å². The minimum absolute atomic E-state index is 0.0472. The molecule has 2 aliphatic heterocycles. The Morgan fingerprint density at radius 3 is 2.45 bits per heavy atom. The third-order valence-electron chi connectivity index (χ3n) is 4.31. The van der Waals surface area contributed by atoms with Crippen molar-refractivity contribution in [2.45, 2.75) is 51.3 Å². The number of likely N-dealkylation sites (tertiary alicyclic amines) is 2. The van der Waals surface area contributed by atoms with Gasteiger partial charge in [0.25, 0.3) is 0 Å². The molecular weight excluding hydrogens is 280 g/mol. The molecule has 2 fully saturated rings. The van der Waals surface area contributed by atoms with Crippen molar-refractivity contribution in [1.82, 2.24) is 15.1 Å². The number of hydrogen-bond donors (Lipinski definition) is 1. The monoisotopic (exact) mass is 308 g/mol. The van der Waals surface area contributed by atoms with E-state index in [-0.39, 0.29) is 18.1 Å². The van der Waals surface area contributed by atoms with Crippen LogP contribution in [0.2, 0.25) is 0 Å². The van der Waals surface area contributed by atoms with Crippen LogP contribution in [0.15, 0.2) is 0 Å².